The molecule has 0 aliphatic carbocycles. The Morgan fingerprint density at radius 1 is 1.39 bits per heavy atom. The monoisotopic (exact) mass is 258 g/mol. The molecular formula is C12H22N2O4. The summed E-state index contributed by atoms with van der Waals surface area (Å²) < 4.78 is 5.09. The van der Waals surface area contributed by atoms with Crippen LogP contribution in [-0.4, -0.2) is 42.4 Å². The number of nitrogens with one attached hydrogen (secondary N) is 2. The van der Waals surface area contributed by atoms with E-state index in [1.165, 1.54) is 0 Å². The number of carboxylic acids is 1. The smallest absolute Gasteiger partial charge is 0.315 e. The van der Waals surface area contributed by atoms with Crippen LogP contribution in [0.15, 0.2) is 0 Å². The van der Waals surface area contributed by atoms with Gasteiger partial charge >= 0.3 is 12.0 Å². The summed E-state index contributed by atoms with van der Waals surface area (Å²) in [6, 6.07) is -0.612. The first-order chi connectivity index (χ1) is 8.58. The maximum atomic E-state index is 11.7. The Balaban J connectivity index is 2.41. The van der Waals surface area contributed by atoms with Crippen molar-refractivity contribution in [3.05, 3.63) is 0 Å². The van der Waals surface area contributed by atoms with Gasteiger partial charge in [0.05, 0.1) is 19.3 Å². The Kier molecular flexibility index (Phi) is 5.91. The highest BCUT2D eigenvalue weighted by atomic mass is 16.5. The molecule has 1 aliphatic heterocycles. The predicted octanol–water partition coefficient (Wildman–Crippen LogP) is 0.964. The van der Waals surface area contributed by atoms with Gasteiger partial charge in [0, 0.05) is 6.04 Å². The number of hydrogen-bond donors (Lipinski definition) is 3. The zero-order chi connectivity index (χ0) is 13.5. The summed E-state index contributed by atoms with van der Waals surface area (Å²) in [5.41, 5.74) is 0. The molecule has 1 aliphatic rings. The van der Waals surface area contributed by atoms with Crippen LogP contribution in [0.25, 0.3) is 0 Å². The Labute approximate surface area is 107 Å². The Morgan fingerprint density at radius 2 is 2.11 bits per heavy atom. The van der Waals surface area contributed by atoms with Crippen molar-refractivity contribution in [1.82, 2.24) is 10.6 Å². The number of carbonyl (C=O) groups is 2. The van der Waals surface area contributed by atoms with E-state index in [0.717, 1.165) is 19.3 Å². The van der Waals surface area contributed by atoms with Crippen molar-refractivity contribution in [2.24, 2.45) is 5.92 Å². The van der Waals surface area contributed by atoms with E-state index in [1.54, 1.807) is 0 Å². The molecule has 18 heavy (non-hydrogen) atoms. The topological polar surface area (TPSA) is 87.7 Å². The molecule has 3 atom stereocenters. The standard InChI is InChI=1S/C12H22N2O4/c1-3-5-8(4-2)13-12(17)14-10-7-18-6-9(10)11(15)16/h8-10H,3-7H2,1-2H3,(H,15,16)(H2,13,14,17). The SMILES string of the molecule is CCCC(CC)NC(=O)NC1COCC1C(=O)O. The number of hydrogen-bond acceptors (Lipinski definition) is 3. The molecule has 0 aromatic rings. The lowest BCUT2D eigenvalue weighted by Gasteiger charge is -2.20. The lowest BCUT2D eigenvalue weighted by molar-refractivity contribution is -0.142. The Bertz CT molecular complexity index is 296. The fourth-order valence-electron chi connectivity index (χ4n) is 2.06. The van der Waals surface area contributed by atoms with Gasteiger partial charge in [0.15, 0.2) is 0 Å². The first-order valence-corrected chi connectivity index (χ1v) is 6.46. The van der Waals surface area contributed by atoms with E-state index in [-0.39, 0.29) is 25.3 Å². The molecule has 1 saturated heterocycles. The van der Waals surface area contributed by atoms with Crippen LogP contribution in [0.3, 0.4) is 0 Å². The minimum absolute atomic E-state index is 0.139. The molecule has 1 rings (SSSR count). The summed E-state index contributed by atoms with van der Waals surface area (Å²) in [6.45, 7) is 4.49. The van der Waals surface area contributed by atoms with Crippen LogP contribution < -0.4 is 10.6 Å². The van der Waals surface area contributed by atoms with Crippen molar-refractivity contribution in [1.29, 1.82) is 0 Å². The molecule has 3 unspecified atom stereocenters. The van der Waals surface area contributed by atoms with Gasteiger partial charge in [-0.1, -0.05) is 20.3 Å². The molecular weight excluding hydrogens is 236 g/mol. The number of amides is 2. The summed E-state index contributed by atoms with van der Waals surface area (Å²) in [5, 5.41) is 14.5. The molecule has 6 nitrogen and oxygen atoms in total. The lowest BCUT2D eigenvalue weighted by Crippen LogP contribution is -2.49. The molecule has 1 heterocycles. The fraction of sp³-hybridized carbons (Fsp3) is 0.833. The zero-order valence-electron chi connectivity index (χ0n) is 10.9. The highest BCUT2D eigenvalue weighted by Gasteiger charge is 2.35. The number of aliphatic carboxylic acids is 1. The Morgan fingerprint density at radius 3 is 2.67 bits per heavy atom. The Hall–Kier alpha value is -1.30. The third-order valence-corrected chi connectivity index (χ3v) is 3.18. The second-order valence-electron chi connectivity index (χ2n) is 4.60. The van der Waals surface area contributed by atoms with Crippen LogP contribution in [0, 0.1) is 5.92 Å². The fourth-order valence-corrected chi connectivity index (χ4v) is 2.06. The largest absolute Gasteiger partial charge is 0.481 e. The van der Waals surface area contributed by atoms with Gasteiger partial charge in [-0.3, -0.25) is 4.79 Å². The van der Waals surface area contributed by atoms with Gasteiger partial charge in [-0.25, -0.2) is 4.79 Å². The van der Waals surface area contributed by atoms with Crippen LogP contribution in [0.1, 0.15) is 33.1 Å². The van der Waals surface area contributed by atoms with Gasteiger partial charge in [0.2, 0.25) is 0 Å². The number of carbonyl (C=O) groups excluding carboxylic acids is 1. The molecule has 6 heteroatoms. The average molecular weight is 258 g/mol. The van der Waals surface area contributed by atoms with Crippen LogP contribution in [0.5, 0.6) is 0 Å². The average Bonchev–Trinajstić information content (AvgIpc) is 2.76. The summed E-state index contributed by atoms with van der Waals surface area (Å²) in [6.07, 6.45) is 2.79. The second-order valence-corrected chi connectivity index (χ2v) is 4.60. The first kappa shape index (κ1) is 14.8. The maximum Gasteiger partial charge on any atom is 0.315 e. The van der Waals surface area contributed by atoms with Gasteiger partial charge < -0.3 is 20.5 Å². The number of carboxylic acid groups (broad SMARTS) is 1. The highest BCUT2D eigenvalue weighted by Crippen LogP contribution is 2.13. The lowest BCUT2D eigenvalue weighted by atomic mass is 10.0. The van der Waals surface area contributed by atoms with Gasteiger partial charge in [-0.05, 0) is 12.8 Å². The quantitative estimate of drug-likeness (QED) is 0.662. The summed E-state index contributed by atoms with van der Waals surface area (Å²) >= 11 is 0. The molecule has 0 aromatic carbocycles. The van der Waals surface area contributed by atoms with E-state index in [0.29, 0.717) is 0 Å². The summed E-state index contributed by atoms with van der Waals surface area (Å²) in [4.78, 5) is 22.7. The van der Waals surface area contributed by atoms with Crippen molar-refractivity contribution >= 4 is 12.0 Å². The molecule has 104 valence electrons. The van der Waals surface area contributed by atoms with Crippen molar-refractivity contribution in [2.45, 2.75) is 45.2 Å². The molecule has 0 aromatic heterocycles. The van der Waals surface area contributed by atoms with Gasteiger partial charge in [-0.2, -0.15) is 0 Å². The number of ether oxygens (including phenoxy) is 1. The van der Waals surface area contributed by atoms with E-state index in [2.05, 4.69) is 17.6 Å². The molecule has 0 spiro atoms. The molecule has 0 radical (unpaired) electrons. The van der Waals surface area contributed by atoms with E-state index in [4.69, 9.17) is 9.84 Å². The first-order valence-electron chi connectivity index (χ1n) is 6.46. The summed E-state index contributed by atoms with van der Waals surface area (Å²) in [7, 11) is 0. The predicted molar refractivity (Wildman–Crippen MR) is 66.4 cm³/mol. The second kappa shape index (κ2) is 7.20. The molecule has 3 N–H and O–H groups in total. The van der Waals surface area contributed by atoms with Gasteiger partial charge in [-0.15, -0.1) is 0 Å². The van der Waals surface area contributed by atoms with Crippen LogP contribution in [0.2, 0.25) is 0 Å². The van der Waals surface area contributed by atoms with Crippen molar-refractivity contribution in [2.75, 3.05) is 13.2 Å². The van der Waals surface area contributed by atoms with E-state index in [1.807, 2.05) is 6.92 Å². The third kappa shape index (κ3) is 4.18. The van der Waals surface area contributed by atoms with E-state index >= 15 is 0 Å². The molecule has 0 bridgehead atoms. The van der Waals surface area contributed by atoms with Crippen molar-refractivity contribution in [3.63, 3.8) is 0 Å². The van der Waals surface area contributed by atoms with Crippen molar-refractivity contribution in [3.8, 4) is 0 Å². The molecule has 1 fully saturated rings. The molecule has 0 saturated carbocycles. The third-order valence-electron chi connectivity index (χ3n) is 3.18. The van der Waals surface area contributed by atoms with E-state index < -0.39 is 17.9 Å². The number of urea groups is 1. The van der Waals surface area contributed by atoms with Crippen LogP contribution in [-0.2, 0) is 9.53 Å². The van der Waals surface area contributed by atoms with Crippen LogP contribution >= 0.6 is 0 Å². The zero-order valence-corrected chi connectivity index (χ0v) is 10.9. The van der Waals surface area contributed by atoms with Crippen molar-refractivity contribution < 1.29 is 19.4 Å². The minimum Gasteiger partial charge on any atom is -0.481 e. The minimum atomic E-state index is -0.932. The van der Waals surface area contributed by atoms with Crippen LogP contribution in [0.4, 0.5) is 4.79 Å². The normalized spacial score (nSPS) is 24.6. The number of rotatable bonds is 6. The highest BCUT2D eigenvalue weighted by molar-refractivity contribution is 5.77. The summed E-state index contributed by atoms with van der Waals surface area (Å²) in [5.74, 6) is -1.58. The van der Waals surface area contributed by atoms with E-state index in [9.17, 15) is 9.59 Å². The molecule has 2 amide bonds. The van der Waals surface area contributed by atoms with Gasteiger partial charge in [0.1, 0.15) is 5.92 Å². The maximum absolute atomic E-state index is 11.7. The van der Waals surface area contributed by atoms with Gasteiger partial charge in [0.25, 0.3) is 0 Å².